The fraction of sp³-hybridized carbons (Fsp3) is 0.304. The van der Waals surface area contributed by atoms with E-state index in [4.69, 9.17) is 16.0 Å². The molecule has 3 aromatic rings. The van der Waals surface area contributed by atoms with Gasteiger partial charge in [0.25, 0.3) is 5.91 Å². The Morgan fingerprint density at radius 2 is 2.06 bits per heavy atom. The lowest BCUT2D eigenvalue weighted by molar-refractivity contribution is -0.130. The van der Waals surface area contributed by atoms with Gasteiger partial charge in [0.1, 0.15) is 17.6 Å². The van der Waals surface area contributed by atoms with E-state index in [-0.39, 0.29) is 17.7 Å². The third-order valence-electron chi connectivity index (χ3n) is 5.54. The summed E-state index contributed by atoms with van der Waals surface area (Å²) in [6.07, 6.45) is 6.30. The molecule has 0 radical (unpaired) electrons. The Morgan fingerprint density at radius 3 is 2.75 bits per heavy atom. The topological polar surface area (TPSA) is 76.5 Å². The number of furan rings is 1. The van der Waals surface area contributed by atoms with Gasteiger partial charge in [-0.05, 0) is 42.7 Å². The number of amides is 1. The molecule has 7 nitrogen and oxygen atoms in total. The zero-order chi connectivity index (χ0) is 22.1. The Morgan fingerprint density at radius 1 is 1.25 bits per heavy atom. The van der Waals surface area contributed by atoms with Crippen LogP contribution >= 0.6 is 23.4 Å². The van der Waals surface area contributed by atoms with Crippen molar-refractivity contribution in [1.82, 2.24) is 19.8 Å². The maximum Gasteiger partial charge on any atom is 0.253 e. The van der Waals surface area contributed by atoms with Gasteiger partial charge < -0.3 is 8.98 Å². The Balaban J connectivity index is 1.35. The van der Waals surface area contributed by atoms with Crippen LogP contribution in [0.5, 0.6) is 0 Å². The monoisotopic (exact) mass is 467 g/mol. The molecule has 0 bridgehead atoms. The van der Waals surface area contributed by atoms with Crippen molar-refractivity contribution in [3.05, 3.63) is 77.5 Å². The Kier molecular flexibility index (Phi) is 5.89. The highest BCUT2D eigenvalue weighted by molar-refractivity contribution is 7.99. The fourth-order valence-corrected chi connectivity index (χ4v) is 4.74. The van der Waals surface area contributed by atoms with Gasteiger partial charge >= 0.3 is 0 Å². The van der Waals surface area contributed by atoms with Crippen LogP contribution in [0.4, 0.5) is 0 Å². The lowest BCUT2D eigenvalue weighted by atomic mass is 10.0. The molecule has 1 aliphatic carbocycles. The van der Waals surface area contributed by atoms with Gasteiger partial charge in [0, 0.05) is 23.9 Å². The van der Waals surface area contributed by atoms with E-state index in [1.54, 1.807) is 6.26 Å². The minimum Gasteiger partial charge on any atom is -0.467 e. The Bertz CT molecular complexity index is 1150. The van der Waals surface area contributed by atoms with Crippen LogP contribution in [0.2, 0.25) is 5.02 Å². The number of halogens is 1. The molecule has 2 aliphatic rings. The van der Waals surface area contributed by atoms with Gasteiger partial charge in [-0.15, -0.1) is 16.8 Å². The van der Waals surface area contributed by atoms with Crippen LogP contribution in [0.15, 0.2) is 70.0 Å². The molecule has 0 N–H and O–H groups in total. The molecule has 0 saturated heterocycles. The summed E-state index contributed by atoms with van der Waals surface area (Å²) in [5.74, 6) is 2.26. The molecular formula is C23H22ClN5O2S. The second kappa shape index (κ2) is 8.96. The van der Waals surface area contributed by atoms with Crippen LogP contribution < -0.4 is 0 Å². The molecule has 1 aromatic carbocycles. The smallest absolute Gasteiger partial charge is 0.253 e. The molecule has 5 rings (SSSR count). The highest BCUT2D eigenvalue weighted by Crippen LogP contribution is 2.40. The van der Waals surface area contributed by atoms with Crippen molar-refractivity contribution in [3.8, 4) is 0 Å². The molecule has 1 fully saturated rings. The highest BCUT2D eigenvalue weighted by Gasteiger charge is 2.35. The quantitative estimate of drug-likeness (QED) is 0.342. The first-order valence-corrected chi connectivity index (χ1v) is 11.9. The molecule has 2 aromatic heterocycles. The number of carbonyl (C=O) groups excluding carboxylic acids is 1. The normalized spacial score (nSPS) is 18.1. The van der Waals surface area contributed by atoms with Gasteiger partial charge in [-0.2, -0.15) is 5.10 Å². The first kappa shape index (κ1) is 21.0. The van der Waals surface area contributed by atoms with E-state index in [1.165, 1.54) is 16.8 Å². The summed E-state index contributed by atoms with van der Waals surface area (Å²) in [5.41, 5.74) is 1.76. The van der Waals surface area contributed by atoms with Crippen LogP contribution in [0.25, 0.3) is 0 Å². The Hall–Kier alpha value is -2.84. The summed E-state index contributed by atoms with van der Waals surface area (Å²) >= 11 is 7.41. The number of benzene rings is 1. The van der Waals surface area contributed by atoms with E-state index in [0.29, 0.717) is 29.7 Å². The van der Waals surface area contributed by atoms with E-state index in [9.17, 15) is 4.79 Å². The molecule has 9 heteroatoms. The van der Waals surface area contributed by atoms with Crippen molar-refractivity contribution in [2.75, 3.05) is 5.75 Å². The standard InChI is InChI=1S/C23H22ClN5O2S/c1-2-11-28-22(16-5-6-16)25-26-23(28)32-14-21(30)29-19(20-4-3-12-31-20)13-18(27-29)15-7-9-17(24)10-8-15/h2-4,7-10,12,16,19H,1,5-6,11,13-14H2/t19-/m1/s1. The van der Waals surface area contributed by atoms with Gasteiger partial charge in [0.2, 0.25) is 0 Å². The number of rotatable bonds is 8. The predicted molar refractivity (Wildman–Crippen MR) is 124 cm³/mol. The first-order valence-electron chi connectivity index (χ1n) is 10.5. The van der Waals surface area contributed by atoms with Gasteiger partial charge in [0.05, 0.1) is 17.7 Å². The van der Waals surface area contributed by atoms with E-state index >= 15 is 0 Å². The van der Waals surface area contributed by atoms with E-state index < -0.39 is 0 Å². The van der Waals surface area contributed by atoms with Crippen LogP contribution in [0.3, 0.4) is 0 Å². The minimum absolute atomic E-state index is 0.110. The summed E-state index contributed by atoms with van der Waals surface area (Å²) in [7, 11) is 0. The lowest BCUT2D eigenvalue weighted by Gasteiger charge is -2.19. The molecule has 0 spiro atoms. The van der Waals surface area contributed by atoms with Crippen LogP contribution in [0.1, 0.15) is 48.4 Å². The minimum atomic E-state index is -0.281. The van der Waals surface area contributed by atoms with Crippen molar-refractivity contribution >= 4 is 35.0 Å². The largest absolute Gasteiger partial charge is 0.467 e. The van der Waals surface area contributed by atoms with Gasteiger partial charge in [-0.25, -0.2) is 5.01 Å². The maximum atomic E-state index is 13.2. The summed E-state index contributed by atoms with van der Waals surface area (Å²) in [6, 6.07) is 10.9. The molecule has 1 atom stereocenters. The summed E-state index contributed by atoms with van der Waals surface area (Å²) in [4.78, 5) is 13.2. The average Bonchev–Trinajstić information content (AvgIpc) is 3.19. The molecule has 3 heterocycles. The SMILES string of the molecule is C=CCn1c(SCC(=O)N2N=C(c3ccc(Cl)cc3)C[C@@H]2c2ccco2)nnc1C1CC1. The number of aromatic nitrogens is 3. The van der Waals surface area contributed by atoms with Crippen molar-refractivity contribution in [3.63, 3.8) is 0 Å². The Labute approximate surface area is 195 Å². The van der Waals surface area contributed by atoms with Crippen LogP contribution in [-0.4, -0.2) is 37.1 Å². The molecule has 164 valence electrons. The maximum absolute atomic E-state index is 13.2. The average molecular weight is 468 g/mol. The number of hydrogen-bond donors (Lipinski definition) is 0. The lowest BCUT2D eigenvalue weighted by Crippen LogP contribution is -2.28. The fourth-order valence-electron chi connectivity index (χ4n) is 3.80. The number of nitrogens with zero attached hydrogens (tertiary/aromatic N) is 5. The van der Waals surface area contributed by atoms with Gasteiger partial charge in [-0.1, -0.05) is 41.6 Å². The van der Waals surface area contributed by atoms with E-state index in [2.05, 4.69) is 26.4 Å². The molecule has 1 aliphatic heterocycles. The van der Waals surface area contributed by atoms with Gasteiger partial charge in [-0.3, -0.25) is 4.79 Å². The van der Waals surface area contributed by atoms with E-state index in [0.717, 1.165) is 35.1 Å². The first-order chi connectivity index (χ1) is 15.6. The van der Waals surface area contributed by atoms with Crippen molar-refractivity contribution < 1.29 is 9.21 Å². The number of thioether (sulfide) groups is 1. The van der Waals surface area contributed by atoms with E-state index in [1.807, 2.05) is 42.5 Å². The predicted octanol–water partition coefficient (Wildman–Crippen LogP) is 5.06. The number of carbonyl (C=O) groups is 1. The van der Waals surface area contributed by atoms with Crippen molar-refractivity contribution in [1.29, 1.82) is 0 Å². The zero-order valence-corrected chi connectivity index (χ0v) is 18.9. The molecule has 1 saturated carbocycles. The van der Waals surface area contributed by atoms with Crippen LogP contribution in [-0.2, 0) is 11.3 Å². The summed E-state index contributed by atoms with van der Waals surface area (Å²) in [5, 5.41) is 16.3. The summed E-state index contributed by atoms with van der Waals surface area (Å²) < 4.78 is 7.67. The summed E-state index contributed by atoms with van der Waals surface area (Å²) in [6.45, 7) is 4.47. The molecular weight excluding hydrogens is 446 g/mol. The third kappa shape index (κ3) is 4.25. The highest BCUT2D eigenvalue weighted by atomic mass is 35.5. The van der Waals surface area contributed by atoms with Crippen molar-refractivity contribution in [2.24, 2.45) is 5.10 Å². The molecule has 32 heavy (non-hydrogen) atoms. The number of hydrazone groups is 1. The molecule has 0 unspecified atom stereocenters. The number of hydrogen-bond acceptors (Lipinski definition) is 6. The second-order valence-corrected chi connectivity index (χ2v) is 9.21. The second-order valence-electron chi connectivity index (χ2n) is 7.83. The van der Waals surface area contributed by atoms with Crippen molar-refractivity contribution in [2.45, 2.75) is 42.9 Å². The molecule has 1 amide bonds. The number of allylic oxidation sites excluding steroid dienone is 1. The third-order valence-corrected chi connectivity index (χ3v) is 6.74. The zero-order valence-electron chi connectivity index (χ0n) is 17.4. The van der Waals surface area contributed by atoms with Crippen LogP contribution in [0, 0.1) is 0 Å². The van der Waals surface area contributed by atoms with Gasteiger partial charge in [0.15, 0.2) is 5.16 Å².